The van der Waals surface area contributed by atoms with Gasteiger partial charge in [-0.3, -0.25) is 0 Å². The van der Waals surface area contributed by atoms with E-state index in [1.54, 1.807) is 0 Å². The highest BCUT2D eigenvalue weighted by Crippen LogP contribution is 2.36. The van der Waals surface area contributed by atoms with Crippen molar-refractivity contribution in [2.75, 3.05) is 6.61 Å². The fraction of sp³-hybridized carbons (Fsp3) is 0.600. The Morgan fingerprint density at radius 1 is 1.35 bits per heavy atom. The number of nitrogens with two attached hydrogens (primary N) is 1. The summed E-state index contributed by atoms with van der Waals surface area (Å²) < 4.78 is 13.9. The van der Waals surface area contributed by atoms with E-state index in [-0.39, 0.29) is 11.9 Å². The summed E-state index contributed by atoms with van der Waals surface area (Å²) in [5.74, 6) is 0.970. The van der Waals surface area contributed by atoms with E-state index in [1.807, 2.05) is 0 Å². The average Bonchev–Trinajstić information content (AvgIpc) is 2.91. The summed E-state index contributed by atoms with van der Waals surface area (Å²) in [6.45, 7) is 4.86. The van der Waals surface area contributed by atoms with Crippen LogP contribution in [0.1, 0.15) is 42.9 Å². The molecule has 1 aromatic carbocycles. The van der Waals surface area contributed by atoms with E-state index >= 15 is 0 Å². The van der Waals surface area contributed by atoms with E-state index in [4.69, 9.17) is 11.8 Å². The van der Waals surface area contributed by atoms with Gasteiger partial charge in [-0.25, -0.2) is 0 Å². The number of rotatable bonds is 3. The molecule has 1 aromatic rings. The third-order valence-electron chi connectivity index (χ3n) is 4.11. The van der Waals surface area contributed by atoms with Gasteiger partial charge in [0.15, 0.2) is 0 Å². The fourth-order valence-corrected chi connectivity index (χ4v) is 2.60. The van der Waals surface area contributed by atoms with Crippen LogP contribution in [0.2, 0.25) is 0 Å². The van der Waals surface area contributed by atoms with Crippen molar-refractivity contribution in [1.82, 2.24) is 0 Å². The lowest BCUT2D eigenvalue weighted by Crippen LogP contribution is -2.30. The summed E-state index contributed by atoms with van der Waals surface area (Å²) in [6.07, 6.45) is 3.93. The number of hydrogen-bond donors (Lipinski definition) is 1. The van der Waals surface area contributed by atoms with Crippen molar-refractivity contribution in [3.05, 3.63) is 28.3 Å². The summed E-state index contributed by atoms with van der Waals surface area (Å²) in [5, 5.41) is 0. The predicted molar refractivity (Wildman–Crippen MR) is 69.6 cm³/mol. The minimum absolute atomic E-state index is 0.0249. The van der Waals surface area contributed by atoms with Crippen LogP contribution >= 0.6 is 0 Å². The van der Waals surface area contributed by atoms with Gasteiger partial charge in [0.2, 0.25) is 0 Å². The quantitative estimate of drug-likeness (QED) is 0.869. The van der Waals surface area contributed by atoms with E-state index in [1.165, 1.54) is 22.3 Å². The van der Waals surface area contributed by atoms with Crippen LogP contribution in [0, 0.1) is 13.8 Å². The number of fused-ring (bicyclic) bond motifs is 1. The first-order valence-corrected chi connectivity index (χ1v) is 6.44. The van der Waals surface area contributed by atoms with Crippen LogP contribution in [0.4, 0.5) is 0 Å². The molecular formula is C15H21NO. The first-order chi connectivity index (χ1) is 8.48. The molecule has 1 fully saturated rings. The van der Waals surface area contributed by atoms with Crippen molar-refractivity contribution < 1.29 is 6.11 Å². The lowest BCUT2D eigenvalue weighted by Gasteiger charge is -2.17. The summed E-state index contributed by atoms with van der Waals surface area (Å²) >= 11 is 0. The SMILES string of the molecule is [2H]C1Cc2c(C)cc(OCC3(N)CC3)c(C)c2C1. The van der Waals surface area contributed by atoms with Crippen LogP contribution in [-0.2, 0) is 12.8 Å². The first-order valence-electron chi connectivity index (χ1n) is 7.02. The molecule has 2 N–H and O–H groups in total. The lowest BCUT2D eigenvalue weighted by molar-refractivity contribution is 0.277. The third kappa shape index (κ3) is 1.95. The molecule has 92 valence electrons. The highest BCUT2D eigenvalue weighted by atomic mass is 16.5. The van der Waals surface area contributed by atoms with E-state index < -0.39 is 0 Å². The molecule has 17 heavy (non-hydrogen) atoms. The molecule has 1 saturated carbocycles. The Balaban J connectivity index is 1.87. The largest absolute Gasteiger partial charge is 0.491 e. The van der Waals surface area contributed by atoms with Gasteiger partial charge in [-0.1, -0.05) is 0 Å². The van der Waals surface area contributed by atoms with Crippen molar-refractivity contribution in [2.24, 2.45) is 5.73 Å². The molecule has 3 rings (SSSR count). The van der Waals surface area contributed by atoms with Gasteiger partial charge in [0, 0.05) is 1.37 Å². The summed E-state index contributed by atoms with van der Waals surface area (Å²) in [5.41, 5.74) is 11.2. The molecule has 0 radical (unpaired) electrons. The molecule has 0 aliphatic heterocycles. The van der Waals surface area contributed by atoms with Crippen LogP contribution in [0.15, 0.2) is 6.07 Å². The summed E-state index contributed by atoms with van der Waals surface area (Å²) in [6, 6.07) is 2.12. The molecule has 2 nitrogen and oxygen atoms in total. The van der Waals surface area contributed by atoms with E-state index in [0.717, 1.165) is 31.4 Å². The molecule has 0 aromatic heterocycles. The maximum absolute atomic E-state index is 7.93. The monoisotopic (exact) mass is 232 g/mol. The van der Waals surface area contributed by atoms with Crippen LogP contribution in [0.25, 0.3) is 0 Å². The topological polar surface area (TPSA) is 35.2 Å². The maximum Gasteiger partial charge on any atom is 0.122 e. The van der Waals surface area contributed by atoms with Gasteiger partial charge in [-0.15, -0.1) is 0 Å². The molecular weight excluding hydrogens is 210 g/mol. The Labute approximate surface area is 105 Å². The van der Waals surface area contributed by atoms with Gasteiger partial charge < -0.3 is 10.5 Å². The number of aryl methyl sites for hydroxylation is 1. The molecule has 1 unspecified atom stereocenters. The zero-order valence-electron chi connectivity index (χ0n) is 11.7. The minimum Gasteiger partial charge on any atom is -0.491 e. The number of ether oxygens (including phenoxy) is 1. The Morgan fingerprint density at radius 3 is 2.76 bits per heavy atom. The zero-order chi connectivity index (χ0) is 12.9. The number of hydrogen-bond acceptors (Lipinski definition) is 2. The summed E-state index contributed by atoms with van der Waals surface area (Å²) in [7, 11) is 0. The van der Waals surface area contributed by atoms with Gasteiger partial charge in [0.1, 0.15) is 12.4 Å². The van der Waals surface area contributed by atoms with E-state index in [0.29, 0.717) is 6.61 Å². The van der Waals surface area contributed by atoms with Crippen LogP contribution in [0.5, 0.6) is 5.75 Å². The maximum atomic E-state index is 7.93. The van der Waals surface area contributed by atoms with Gasteiger partial charge in [0.25, 0.3) is 0 Å². The second-order valence-electron chi connectivity index (χ2n) is 5.62. The Morgan fingerprint density at radius 2 is 2.06 bits per heavy atom. The van der Waals surface area contributed by atoms with Crippen molar-refractivity contribution in [1.29, 1.82) is 0 Å². The Bertz CT molecular complexity index is 494. The van der Waals surface area contributed by atoms with Crippen molar-refractivity contribution in [2.45, 2.75) is 51.5 Å². The molecule has 0 bridgehead atoms. The average molecular weight is 232 g/mol. The van der Waals surface area contributed by atoms with E-state index in [2.05, 4.69) is 19.9 Å². The highest BCUT2D eigenvalue weighted by Gasteiger charge is 2.39. The fourth-order valence-electron chi connectivity index (χ4n) is 2.60. The van der Waals surface area contributed by atoms with Crippen LogP contribution in [0.3, 0.4) is 0 Å². The van der Waals surface area contributed by atoms with Crippen LogP contribution in [-0.4, -0.2) is 12.1 Å². The van der Waals surface area contributed by atoms with Crippen molar-refractivity contribution in [3.8, 4) is 5.75 Å². The molecule has 0 heterocycles. The van der Waals surface area contributed by atoms with Gasteiger partial charge in [0.05, 0.1) is 5.54 Å². The highest BCUT2D eigenvalue weighted by molar-refractivity contribution is 5.50. The molecule has 0 saturated heterocycles. The molecule has 0 amide bonds. The smallest absolute Gasteiger partial charge is 0.122 e. The molecule has 1 atom stereocenters. The van der Waals surface area contributed by atoms with Gasteiger partial charge in [-0.05, 0) is 74.2 Å². The van der Waals surface area contributed by atoms with Crippen LogP contribution < -0.4 is 10.5 Å². The third-order valence-corrected chi connectivity index (χ3v) is 4.11. The Hall–Kier alpha value is -1.02. The zero-order valence-corrected chi connectivity index (χ0v) is 10.7. The molecule has 2 aliphatic rings. The van der Waals surface area contributed by atoms with E-state index in [9.17, 15) is 0 Å². The normalized spacial score (nSPS) is 25.4. The second-order valence-corrected chi connectivity index (χ2v) is 5.62. The second kappa shape index (κ2) is 3.74. The van der Waals surface area contributed by atoms with Gasteiger partial charge >= 0.3 is 0 Å². The molecule has 2 heteroatoms. The summed E-state index contributed by atoms with van der Waals surface area (Å²) in [4.78, 5) is 0. The standard InChI is InChI=1S/C15H21NO/c1-10-8-14(17-9-15(16)6-7-15)11(2)13-5-3-4-12(10)13/h8H,3-7,9,16H2,1-2H3/i3D. The Kier molecular flexibility index (Phi) is 2.19. The lowest BCUT2D eigenvalue weighted by atomic mass is 9.99. The molecule has 0 spiro atoms. The predicted octanol–water partition coefficient (Wildman–Crippen LogP) is 2.66. The minimum atomic E-state index is -0.0721. The number of benzene rings is 1. The van der Waals surface area contributed by atoms with Crippen molar-refractivity contribution >= 4 is 0 Å². The molecule has 2 aliphatic carbocycles. The van der Waals surface area contributed by atoms with Crippen molar-refractivity contribution in [3.63, 3.8) is 0 Å². The van der Waals surface area contributed by atoms with Gasteiger partial charge in [-0.2, -0.15) is 0 Å². The first kappa shape index (κ1) is 9.95.